The van der Waals surface area contributed by atoms with Gasteiger partial charge in [0, 0.05) is 17.9 Å². The monoisotopic (exact) mass is 317 g/mol. The van der Waals surface area contributed by atoms with Gasteiger partial charge in [-0.1, -0.05) is 17.3 Å². The van der Waals surface area contributed by atoms with Crippen LogP contribution in [-0.2, 0) is 9.63 Å². The van der Waals surface area contributed by atoms with E-state index in [1.54, 1.807) is 29.6 Å². The lowest BCUT2D eigenvalue weighted by molar-refractivity contribution is -0.385. The molecule has 0 aliphatic carbocycles. The van der Waals surface area contributed by atoms with Gasteiger partial charge in [-0.2, -0.15) is 11.3 Å². The number of nitro benzene ring substituents is 1. The van der Waals surface area contributed by atoms with Crippen molar-refractivity contribution in [2.24, 2.45) is 5.16 Å². The summed E-state index contributed by atoms with van der Waals surface area (Å²) >= 11 is 1.47. The molecule has 3 rings (SSSR count). The fourth-order valence-electron chi connectivity index (χ4n) is 2.11. The Morgan fingerprint density at radius 3 is 2.95 bits per heavy atom. The first-order valence-electron chi connectivity index (χ1n) is 6.44. The molecule has 1 aliphatic rings. The Balaban J connectivity index is 1.72. The minimum Gasteiger partial charge on any atom is -0.382 e. The van der Waals surface area contributed by atoms with Crippen LogP contribution in [0.2, 0.25) is 0 Å². The van der Waals surface area contributed by atoms with Crippen molar-refractivity contribution in [2.75, 3.05) is 5.32 Å². The number of carbonyl (C=O) groups excluding carboxylic acids is 1. The predicted octanol–water partition coefficient (Wildman–Crippen LogP) is 2.79. The molecule has 1 aromatic heterocycles. The molecule has 1 amide bonds. The summed E-state index contributed by atoms with van der Waals surface area (Å²) in [6.07, 6.45) is -0.587. The number of hydrogen-bond donors (Lipinski definition) is 1. The average molecular weight is 317 g/mol. The van der Waals surface area contributed by atoms with Crippen LogP contribution in [-0.4, -0.2) is 22.6 Å². The molecule has 0 spiro atoms. The smallest absolute Gasteiger partial charge is 0.278 e. The molecule has 0 saturated heterocycles. The van der Waals surface area contributed by atoms with Gasteiger partial charge >= 0.3 is 0 Å². The summed E-state index contributed by atoms with van der Waals surface area (Å²) in [5.74, 6) is -0.323. The van der Waals surface area contributed by atoms with E-state index >= 15 is 0 Å². The number of oxime groups is 1. The third kappa shape index (κ3) is 2.82. The van der Waals surface area contributed by atoms with Gasteiger partial charge in [-0.15, -0.1) is 0 Å². The first kappa shape index (κ1) is 14.2. The molecule has 2 aromatic rings. The summed E-state index contributed by atoms with van der Waals surface area (Å²) in [4.78, 5) is 27.8. The van der Waals surface area contributed by atoms with Crippen molar-refractivity contribution in [3.05, 3.63) is 56.8 Å². The highest BCUT2D eigenvalue weighted by molar-refractivity contribution is 7.08. The molecule has 2 heterocycles. The molecule has 8 heteroatoms. The second-order valence-corrected chi connectivity index (χ2v) is 5.39. The van der Waals surface area contributed by atoms with Gasteiger partial charge in [-0.05, 0) is 17.5 Å². The zero-order chi connectivity index (χ0) is 15.5. The quantitative estimate of drug-likeness (QED) is 0.693. The largest absolute Gasteiger partial charge is 0.382 e. The number of benzene rings is 1. The van der Waals surface area contributed by atoms with Gasteiger partial charge in [0.05, 0.1) is 21.9 Å². The predicted molar refractivity (Wildman–Crippen MR) is 82.1 cm³/mol. The van der Waals surface area contributed by atoms with Crippen molar-refractivity contribution >= 4 is 34.3 Å². The van der Waals surface area contributed by atoms with Crippen molar-refractivity contribution in [3.63, 3.8) is 0 Å². The third-order valence-electron chi connectivity index (χ3n) is 3.16. The Morgan fingerprint density at radius 2 is 2.23 bits per heavy atom. The lowest BCUT2D eigenvalue weighted by atomic mass is 10.0. The summed E-state index contributed by atoms with van der Waals surface area (Å²) < 4.78 is 0. The minimum atomic E-state index is -0.783. The number of rotatable bonds is 4. The third-order valence-corrected chi connectivity index (χ3v) is 3.84. The maximum Gasteiger partial charge on any atom is 0.278 e. The maximum absolute atomic E-state index is 12.1. The molecule has 7 nitrogen and oxygen atoms in total. The Bertz CT molecular complexity index is 742. The normalized spacial score (nSPS) is 16.7. The van der Waals surface area contributed by atoms with E-state index in [9.17, 15) is 14.9 Å². The molecular formula is C14H11N3O4S. The van der Waals surface area contributed by atoms with Crippen LogP contribution < -0.4 is 5.32 Å². The van der Waals surface area contributed by atoms with E-state index < -0.39 is 11.0 Å². The zero-order valence-electron chi connectivity index (χ0n) is 11.3. The van der Waals surface area contributed by atoms with Gasteiger partial charge in [0.2, 0.25) is 6.10 Å². The van der Waals surface area contributed by atoms with Crippen molar-refractivity contribution in [1.29, 1.82) is 0 Å². The first-order chi connectivity index (χ1) is 10.6. The second kappa shape index (κ2) is 5.94. The number of hydrogen-bond acceptors (Lipinski definition) is 6. The summed E-state index contributed by atoms with van der Waals surface area (Å²) in [6, 6.07) is 8.04. The van der Waals surface area contributed by atoms with E-state index in [0.29, 0.717) is 17.0 Å². The fourth-order valence-corrected chi connectivity index (χ4v) is 2.70. The van der Waals surface area contributed by atoms with E-state index in [4.69, 9.17) is 4.84 Å². The van der Waals surface area contributed by atoms with Crippen LogP contribution in [0.25, 0.3) is 0 Å². The Labute approximate surface area is 129 Å². The number of nitrogens with zero attached hydrogens (tertiary/aromatic N) is 2. The highest BCUT2D eigenvalue weighted by Gasteiger charge is 2.31. The van der Waals surface area contributed by atoms with E-state index in [0.717, 1.165) is 0 Å². The van der Waals surface area contributed by atoms with Crippen LogP contribution in [0.15, 0.2) is 46.2 Å². The number of nitro groups is 1. The molecule has 1 aromatic carbocycles. The average Bonchev–Trinajstić information content (AvgIpc) is 3.18. The topological polar surface area (TPSA) is 93.8 Å². The molecular weight excluding hydrogens is 306 g/mol. The van der Waals surface area contributed by atoms with Crippen LogP contribution >= 0.6 is 11.3 Å². The lowest BCUT2D eigenvalue weighted by Crippen LogP contribution is -2.27. The lowest BCUT2D eigenvalue weighted by Gasteiger charge is -2.07. The highest BCUT2D eigenvalue weighted by atomic mass is 32.1. The van der Waals surface area contributed by atoms with Gasteiger partial charge < -0.3 is 10.2 Å². The van der Waals surface area contributed by atoms with Gasteiger partial charge in [0.25, 0.3) is 11.6 Å². The van der Waals surface area contributed by atoms with Crippen LogP contribution in [0.5, 0.6) is 0 Å². The van der Waals surface area contributed by atoms with Crippen molar-refractivity contribution in [3.8, 4) is 0 Å². The molecule has 1 N–H and O–H groups in total. The molecule has 1 unspecified atom stereocenters. The van der Waals surface area contributed by atoms with Crippen molar-refractivity contribution < 1.29 is 14.6 Å². The maximum atomic E-state index is 12.1. The zero-order valence-corrected chi connectivity index (χ0v) is 12.1. The molecule has 1 aliphatic heterocycles. The molecule has 0 bridgehead atoms. The number of carbonyl (C=O) groups is 1. The van der Waals surface area contributed by atoms with Crippen LogP contribution in [0.1, 0.15) is 12.0 Å². The Kier molecular flexibility index (Phi) is 3.84. The van der Waals surface area contributed by atoms with E-state index in [1.165, 1.54) is 17.4 Å². The van der Waals surface area contributed by atoms with Gasteiger partial charge in [0.1, 0.15) is 0 Å². The number of nitrogens with one attached hydrogen (secondary N) is 1. The Morgan fingerprint density at radius 1 is 1.41 bits per heavy atom. The number of anilines is 1. The first-order valence-corrected chi connectivity index (χ1v) is 7.39. The van der Waals surface area contributed by atoms with Crippen LogP contribution in [0, 0.1) is 10.1 Å². The molecule has 0 fully saturated rings. The summed E-state index contributed by atoms with van der Waals surface area (Å²) in [5, 5.41) is 21.2. The molecule has 0 radical (unpaired) electrons. The van der Waals surface area contributed by atoms with Gasteiger partial charge in [-0.3, -0.25) is 14.9 Å². The van der Waals surface area contributed by atoms with E-state index in [-0.39, 0.29) is 18.0 Å². The Hall–Kier alpha value is -2.74. The fraction of sp³-hybridized carbons (Fsp3) is 0.143. The molecule has 0 saturated carbocycles. The van der Waals surface area contributed by atoms with Crippen LogP contribution in [0.4, 0.5) is 11.4 Å². The summed E-state index contributed by atoms with van der Waals surface area (Å²) in [7, 11) is 0. The minimum absolute atomic E-state index is 0.0521. The van der Waals surface area contributed by atoms with E-state index in [2.05, 4.69) is 10.5 Å². The van der Waals surface area contributed by atoms with Gasteiger partial charge in [0.15, 0.2) is 0 Å². The molecule has 112 valence electrons. The number of para-hydroxylation sites is 1. The second-order valence-electron chi connectivity index (χ2n) is 4.61. The van der Waals surface area contributed by atoms with Crippen molar-refractivity contribution in [2.45, 2.75) is 12.5 Å². The highest BCUT2D eigenvalue weighted by Crippen LogP contribution is 2.25. The summed E-state index contributed by atoms with van der Waals surface area (Å²) in [6.45, 7) is 0. The van der Waals surface area contributed by atoms with Gasteiger partial charge in [-0.25, -0.2) is 0 Å². The summed E-state index contributed by atoms with van der Waals surface area (Å²) in [5.41, 5.74) is 1.41. The van der Waals surface area contributed by atoms with Crippen molar-refractivity contribution in [1.82, 2.24) is 0 Å². The number of amides is 1. The SMILES string of the molecule is O=C(Nc1ccsc1)C1CC(c2ccccc2[N+](=O)[O-])=NO1. The molecule has 22 heavy (non-hydrogen) atoms. The molecule has 1 atom stereocenters. The standard InChI is InChI=1S/C14H11N3O4S/c18-14(15-9-5-6-22-8-9)13-7-11(16-21-13)10-3-1-2-4-12(10)17(19)20/h1-6,8,13H,7H2,(H,15,18). The number of thiophene rings is 1. The van der Waals surface area contributed by atoms with E-state index in [1.807, 2.05) is 5.38 Å². The van der Waals surface area contributed by atoms with Crippen LogP contribution in [0.3, 0.4) is 0 Å².